The van der Waals surface area contributed by atoms with Crippen LogP contribution in [0.25, 0.3) is 0 Å². The number of hydrogen-bond donors (Lipinski definition) is 1. The fourth-order valence-electron chi connectivity index (χ4n) is 2.40. The molecule has 0 saturated carbocycles. The molecule has 1 atom stereocenters. The van der Waals surface area contributed by atoms with E-state index in [9.17, 15) is 4.79 Å². The number of methoxy groups -OCH3 is 1. The van der Waals surface area contributed by atoms with Gasteiger partial charge in [-0.2, -0.15) is 0 Å². The highest BCUT2D eigenvalue weighted by atomic mass is 35.5. The second kappa shape index (κ2) is 7.50. The molecule has 1 aliphatic heterocycles. The van der Waals surface area contributed by atoms with Crippen molar-refractivity contribution in [3.63, 3.8) is 0 Å². The number of rotatable bonds is 5. The minimum atomic E-state index is 0. The molecule has 0 aliphatic carbocycles. The Bertz CT molecular complexity index is 449. The smallest absolute Gasteiger partial charge is 0.228 e. The van der Waals surface area contributed by atoms with Gasteiger partial charge in [0.2, 0.25) is 5.91 Å². The van der Waals surface area contributed by atoms with Gasteiger partial charge in [-0.05, 0) is 31.5 Å². The van der Waals surface area contributed by atoms with Crippen molar-refractivity contribution in [2.24, 2.45) is 5.92 Å². The van der Waals surface area contributed by atoms with Crippen LogP contribution in [0.3, 0.4) is 0 Å². The van der Waals surface area contributed by atoms with Gasteiger partial charge in [-0.15, -0.1) is 12.4 Å². The van der Waals surface area contributed by atoms with Crippen LogP contribution in [0, 0.1) is 5.92 Å². The molecular weight excluding hydrogens is 276 g/mol. The van der Waals surface area contributed by atoms with Crippen LogP contribution in [0.15, 0.2) is 24.3 Å². The third-order valence-corrected chi connectivity index (χ3v) is 3.80. The minimum Gasteiger partial charge on any atom is -0.497 e. The molecule has 5 heteroatoms. The fraction of sp³-hybridized carbons (Fsp3) is 0.533. The molecule has 1 heterocycles. The molecule has 1 fully saturated rings. The van der Waals surface area contributed by atoms with Crippen LogP contribution in [0.5, 0.6) is 5.75 Å². The third kappa shape index (κ3) is 3.44. The van der Waals surface area contributed by atoms with Crippen molar-refractivity contribution in [1.29, 1.82) is 0 Å². The Morgan fingerprint density at radius 1 is 1.50 bits per heavy atom. The van der Waals surface area contributed by atoms with Crippen LogP contribution in [0.1, 0.15) is 25.5 Å². The first-order valence-electron chi connectivity index (χ1n) is 6.82. The first kappa shape index (κ1) is 16.8. The third-order valence-electron chi connectivity index (χ3n) is 3.80. The molecule has 1 aromatic rings. The first-order chi connectivity index (χ1) is 9.17. The van der Waals surface area contributed by atoms with Crippen LogP contribution < -0.4 is 10.1 Å². The molecule has 1 saturated heterocycles. The topological polar surface area (TPSA) is 41.6 Å². The monoisotopic (exact) mass is 298 g/mol. The lowest BCUT2D eigenvalue weighted by atomic mass is 9.99. The van der Waals surface area contributed by atoms with E-state index < -0.39 is 0 Å². The number of nitrogens with zero attached hydrogens (tertiary/aromatic N) is 1. The number of ether oxygens (including phenoxy) is 1. The Hall–Kier alpha value is -1.26. The maximum atomic E-state index is 12.4. The van der Waals surface area contributed by atoms with Crippen molar-refractivity contribution in [3.8, 4) is 5.75 Å². The summed E-state index contributed by atoms with van der Waals surface area (Å²) >= 11 is 0. The van der Waals surface area contributed by atoms with Gasteiger partial charge in [0.15, 0.2) is 0 Å². The van der Waals surface area contributed by atoms with E-state index in [0.717, 1.165) is 30.9 Å². The van der Waals surface area contributed by atoms with Crippen LogP contribution in [-0.2, 0) is 4.79 Å². The van der Waals surface area contributed by atoms with Gasteiger partial charge in [0.05, 0.1) is 19.1 Å². The predicted molar refractivity (Wildman–Crippen MR) is 82.4 cm³/mol. The Kier molecular flexibility index (Phi) is 6.30. The van der Waals surface area contributed by atoms with Gasteiger partial charge < -0.3 is 15.0 Å². The Morgan fingerprint density at radius 2 is 2.20 bits per heavy atom. The molecule has 4 nitrogen and oxygen atoms in total. The summed E-state index contributed by atoms with van der Waals surface area (Å²) in [6.45, 7) is 6.44. The minimum absolute atomic E-state index is 0. The van der Waals surface area contributed by atoms with Gasteiger partial charge in [-0.3, -0.25) is 4.79 Å². The maximum absolute atomic E-state index is 12.4. The standard InChI is InChI=1S/C15H22N2O2.ClH/c1-4-17(15(18)13-9-16-10-13)11(2)12-6-5-7-14(8-12)19-3;/h5-8,11,13,16H,4,9-10H2,1-3H3;1H. The second-order valence-electron chi connectivity index (χ2n) is 4.93. The molecule has 20 heavy (non-hydrogen) atoms. The molecule has 1 N–H and O–H groups in total. The largest absolute Gasteiger partial charge is 0.497 e. The van der Waals surface area contributed by atoms with Crippen molar-refractivity contribution < 1.29 is 9.53 Å². The number of nitrogens with one attached hydrogen (secondary N) is 1. The lowest BCUT2D eigenvalue weighted by Gasteiger charge is -2.35. The summed E-state index contributed by atoms with van der Waals surface area (Å²) in [6.07, 6.45) is 0. The van der Waals surface area contributed by atoms with Crippen molar-refractivity contribution in [1.82, 2.24) is 10.2 Å². The zero-order chi connectivity index (χ0) is 13.8. The zero-order valence-electron chi connectivity index (χ0n) is 12.3. The summed E-state index contributed by atoms with van der Waals surface area (Å²) in [6, 6.07) is 8.01. The molecular formula is C15H23ClN2O2. The molecule has 112 valence electrons. The van der Waals surface area contributed by atoms with Crippen LogP contribution in [-0.4, -0.2) is 37.6 Å². The van der Waals surface area contributed by atoms with Gasteiger partial charge in [0, 0.05) is 19.6 Å². The normalized spacial score (nSPS) is 15.8. The van der Waals surface area contributed by atoms with Gasteiger partial charge in [0.1, 0.15) is 5.75 Å². The lowest BCUT2D eigenvalue weighted by molar-refractivity contribution is -0.139. The van der Waals surface area contributed by atoms with E-state index in [1.807, 2.05) is 36.1 Å². The molecule has 1 aliphatic rings. The molecule has 0 bridgehead atoms. The van der Waals surface area contributed by atoms with E-state index >= 15 is 0 Å². The van der Waals surface area contributed by atoms with E-state index in [1.165, 1.54) is 0 Å². The highest BCUT2D eigenvalue weighted by Gasteiger charge is 2.31. The highest BCUT2D eigenvalue weighted by molar-refractivity contribution is 5.85. The van der Waals surface area contributed by atoms with E-state index in [1.54, 1.807) is 7.11 Å². The Morgan fingerprint density at radius 3 is 2.70 bits per heavy atom. The average molecular weight is 299 g/mol. The number of carbonyl (C=O) groups excluding carboxylic acids is 1. The predicted octanol–water partition coefficient (Wildman–Crippen LogP) is 2.25. The summed E-state index contributed by atoms with van der Waals surface area (Å²) in [5.74, 6) is 1.22. The number of benzene rings is 1. The second-order valence-corrected chi connectivity index (χ2v) is 4.93. The number of amides is 1. The number of halogens is 1. The van der Waals surface area contributed by atoms with Gasteiger partial charge >= 0.3 is 0 Å². The van der Waals surface area contributed by atoms with Gasteiger partial charge in [-0.25, -0.2) is 0 Å². The molecule has 0 spiro atoms. The summed E-state index contributed by atoms with van der Waals surface area (Å²) in [7, 11) is 1.66. The van der Waals surface area contributed by atoms with Crippen molar-refractivity contribution >= 4 is 18.3 Å². The summed E-state index contributed by atoms with van der Waals surface area (Å²) < 4.78 is 5.25. The highest BCUT2D eigenvalue weighted by Crippen LogP contribution is 2.25. The van der Waals surface area contributed by atoms with Crippen molar-refractivity contribution in [2.45, 2.75) is 19.9 Å². The Labute approximate surface area is 126 Å². The van der Waals surface area contributed by atoms with E-state index in [0.29, 0.717) is 0 Å². The van der Waals surface area contributed by atoms with Crippen LogP contribution >= 0.6 is 12.4 Å². The molecule has 1 amide bonds. The number of carbonyl (C=O) groups is 1. The molecule has 0 radical (unpaired) electrons. The number of hydrogen-bond acceptors (Lipinski definition) is 3. The van der Waals surface area contributed by atoms with Crippen molar-refractivity contribution in [2.75, 3.05) is 26.7 Å². The molecule has 1 unspecified atom stereocenters. The summed E-state index contributed by atoms with van der Waals surface area (Å²) in [4.78, 5) is 14.3. The molecule has 1 aromatic carbocycles. The van der Waals surface area contributed by atoms with Gasteiger partial charge in [-0.1, -0.05) is 12.1 Å². The van der Waals surface area contributed by atoms with Gasteiger partial charge in [0.25, 0.3) is 0 Å². The zero-order valence-corrected chi connectivity index (χ0v) is 13.1. The quantitative estimate of drug-likeness (QED) is 0.906. The van der Waals surface area contributed by atoms with Crippen LogP contribution in [0.2, 0.25) is 0 Å². The maximum Gasteiger partial charge on any atom is 0.228 e. The summed E-state index contributed by atoms with van der Waals surface area (Å²) in [5.41, 5.74) is 1.11. The first-order valence-corrected chi connectivity index (χ1v) is 6.82. The lowest BCUT2D eigenvalue weighted by Crippen LogP contribution is -2.52. The van der Waals surface area contributed by atoms with E-state index in [2.05, 4.69) is 12.2 Å². The fourth-order valence-corrected chi connectivity index (χ4v) is 2.40. The van der Waals surface area contributed by atoms with Crippen molar-refractivity contribution in [3.05, 3.63) is 29.8 Å². The van der Waals surface area contributed by atoms with E-state index in [-0.39, 0.29) is 30.3 Å². The molecule has 2 rings (SSSR count). The van der Waals surface area contributed by atoms with Crippen LogP contribution in [0.4, 0.5) is 0 Å². The molecule has 0 aromatic heterocycles. The van der Waals surface area contributed by atoms with E-state index in [4.69, 9.17) is 4.74 Å². The summed E-state index contributed by atoms with van der Waals surface area (Å²) in [5, 5.41) is 3.15. The SMILES string of the molecule is CCN(C(=O)C1CNC1)C(C)c1cccc(OC)c1.Cl. The average Bonchev–Trinajstić information content (AvgIpc) is 2.37. The Balaban J connectivity index is 0.00000200.